The number of allylic oxidation sites excluding steroid dienone is 2. The molecule has 5 rings (SSSR count). The molecule has 132 valence electrons. The molecule has 0 spiro atoms. The number of aromatic nitrogens is 3. The second-order valence-electron chi connectivity index (χ2n) is 6.71. The summed E-state index contributed by atoms with van der Waals surface area (Å²) in [5.41, 5.74) is 10.2. The summed E-state index contributed by atoms with van der Waals surface area (Å²) in [7, 11) is 0. The SMILES string of the molecule is Nc1nnc(-c2ccc3[nH]cc(C4=CC=CC(N5CCCC5)N4)c3c2)s1. The Morgan fingerprint density at radius 1 is 1.19 bits per heavy atom. The van der Waals surface area contributed by atoms with Gasteiger partial charge in [0.05, 0.1) is 6.17 Å². The standard InChI is InChI=1S/C19H20N6S/c20-19-24-23-18(26-19)12-6-7-15-13(10-12)14(11-21-15)16-4-3-5-17(22-16)25-8-1-2-9-25/h3-7,10-11,17,21-22H,1-2,8-9H2,(H2,20,24). The molecular formula is C19H20N6S. The summed E-state index contributed by atoms with van der Waals surface area (Å²) in [5.74, 6) is 0. The molecule has 0 bridgehead atoms. The number of likely N-dealkylation sites (tertiary alicyclic amines) is 1. The van der Waals surface area contributed by atoms with Crippen molar-refractivity contribution < 1.29 is 0 Å². The molecule has 1 unspecified atom stereocenters. The van der Waals surface area contributed by atoms with Crippen LogP contribution >= 0.6 is 11.3 Å². The van der Waals surface area contributed by atoms with Crippen LogP contribution in [0, 0.1) is 0 Å². The van der Waals surface area contributed by atoms with E-state index in [-0.39, 0.29) is 6.17 Å². The number of benzene rings is 1. The molecule has 3 aromatic rings. The highest BCUT2D eigenvalue weighted by molar-refractivity contribution is 7.18. The van der Waals surface area contributed by atoms with Gasteiger partial charge in [-0.15, -0.1) is 10.2 Å². The highest BCUT2D eigenvalue weighted by atomic mass is 32.1. The van der Waals surface area contributed by atoms with E-state index in [0.29, 0.717) is 5.13 Å². The first-order chi connectivity index (χ1) is 12.8. The van der Waals surface area contributed by atoms with Gasteiger partial charge in [-0.3, -0.25) is 4.90 Å². The molecule has 4 heterocycles. The number of rotatable bonds is 3. The quantitative estimate of drug-likeness (QED) is 0.665. The van der Waals surface area contributed by atoms with Crippen LogP contribution in [0.1, 0.15) is 18.4 Å². The van der Waals surface area contributed by atoms with Crippen LogP contribution in [0.3, 0.4) is 0 Å². The first-order valence-corrected chi connectivity index (χ1v) is 9.69. The second-order valence-corrected chi connectivity index (χ2v) is 7.71. The third-order valence-electron chi connectivity index (χ3n) is 5.05. The number of H-pyrrole nitrogens is 1. The fourth-order valence-electron chi connectivity index (χ4n) is 3.74. The molecule has 1 saturated heterocycles. The molecule has 0 aliphatic carbocycles. The minimum atomic E-state index is 0.272. The molecule has 26 heavy (non-hydrogen) atoms. The Bertz CT molecular complexity index is 1010. The predicted octanol–water partition coefficient (Wildman–Crippen LogP) is 3.19. The Balaban J connectivity index is 1.50. The van der Waals surface area contributed by atoms with Crippen LogP contribution in [0.2, 0.25) is 0 Å². The normalized spacial score (nSPS) is 20.5. The first-order valence-electron chi connectivity index (χ1n) is 8.88. The number of aromatic amines is 1. The van der Waals surface area contributed by atoms with E-state index in [2.05, 4.69) is 68.0 Å². The Kier molecular flexibility index (Phi) is 3.76. The average molecular weight is 364 g/mol. The molecule has 7 heteroatoms. The van der Waals surface area contributed by atoms with Crippen molar-refractivity contribution in [3.05, 3.63) is 48.2 Å². The van der Waals surface area contributed by atoms with E-state index in [4.69, 9.17) is 5.73 Å². The largest absolute Gasteiger partial charge is 0.374 e. The summed E-state index contributed by atoms with van der Waals surface area (Å²) in [6.45, 7) is 2.32. The summed E-state index contributed by atoms with van der Waals surface area (Å²) in [6.07, 6.45) is 11.4. The highest BCUT2D eigenvalue weighted by Gasteiger charge is 2.23. The van der Waals surface area contributed by atoms with Crippen LogP contribution in [0.25, 0.3) is 27.2 Å². The van der Waals surface area contributed by atoms with Gasteiger partial charge in [0, 0.05) is 47.0 Å². The third-order valence-corrected chi connectivity index (χ3v) is 5.85. The number of nitrogen functional groups attached to an aromatic ring is 1. The number of nitrogens with zero attached hydrogens (tertiary/aromatic N) is 3. The molecule has 1 atom stereocenters. The van der Waals surface area contributed by atoms with Gasteiger partial charge in [-0.05, 0) is 43.2 Å². The molecule has 0 radical (unpaired) electrons. The zero-order valence-corrected chi connectivity index (χ0v) is 15.1. The van der Waals surface area contributed by atoms with Crippen molar-refractivity contribution in [1.29, 1.82) is 0 Å². The van der Waals surface area contributed by atoms with Gasteiger partial charge in [-0.1, -0.05) is 17.4 Å². The smallest absolute Gasteiger partial charge is 0.203 e. The maximum atomic E-state index is 5.74. The van der Waals surface area contributed by atoms with E-state index >= 15 is 0 Å². The monoisotopic (exact) mass is 364 g/mol. The number of nitrogens with one attached hydrogen (secondary N) is 2. The number of nitrogens with two attached hydrogens (primary N) is 1. The lowest BCUT2D eigenvalue weighted by atomic mass is 10.1. The van der Waals surface area contributed by atoms with Crippen LogP contribution in [0.5, 0.6) is 0 Å². The zero-order chi connectivity index (χ0) is 17.5. The van der Waals surface area contributed by atoms with Crippen LogP contribution < -0.4 is 11.1 Å². The topological polar surface area (TPSA) is 82.9 Å². The van der Waals surface area contributed by atoms with Gasteiger partial charge in [0.1, 0.15) is 5.01 Å². The molecule has 2 aliphatic rings. The Morgan fingerprint density at radius 2 is 2.08 bits per heavy atom. The average Bonchev–Trinajstić information content (AvgIpc) is 3.42. The molecule has 6 nitrogen and oxygen atoms in total. The zero-order valence-electron chi connectivity index (χ0n) is 14.3. The summed E-state index contributed by atoms with van der Waals surface area (Å²) in [5, 5.41) is 14.3. The van der Waals surface area contributed by atoms with E-state index in [9.17, 15) is 0 Å². The number of anilines is 1. The molecule has 2 aromatic heterocycles. The fourth-order valence-corrected chi connectivity index (χ4v) is 4.35. The number of hydrogen-bond acceptors (Lipinski definition) is 6. The van der Waals surface area contributed by atoms with Crippen molar-refractivity contribution in [2.75, 3.05) is 18.8 Å². The van der Waals surface area contributed by atoms with E-state index in [0.717, 1.165) is 34.9 Å². The van der Waals surface area contributed by atoms with Gasteiger partial charge < -0.3 is 16.0 Å². The minimum Gasteiger partial charge on any atom is -0.374 e. The van der Waals surface area contributed by atoms with Crippen molar-refractivity contribution in [1.82, 2.24) is 25.4 Å². The van der Waals surface area contributed by atoms with Gasteiger partial charge in [-0.2, -0.15) is 0 Å². The lowest BCUT2D eigenvalue weighted by Gasteiger charge is -2.29. The Hall–Kier alpha value is -2.64. The lowest BCUT2D eigenvalue weighted by molar-refractivity contribution is 0.265. The van der Waals surface area contributed by atoms with Crippen molar-refractivity contribution in [2.45, 2.75) is 19.0 Å². The van der Waals surface area contributed by atoms with Gasteiger partial charge in [0.25, 0.3) is 0 Å². The molecular weight excluding hydrogens is 344 g/mol. The van der Waals surface area contributed by atoms with Crippen LogP contribution in [-0.2, 0) is 0 Å². The molecule has 4 N–H and O–H groups in total. The van der Waals surface area contributed by atoms with Gasteiger partial charge in [-0.25, -0.2) is 0 Å². The van der Waals surface area contributed by atoms with E-state index in [1.807, 2.05) is 0 Å². The Labute approximate surface area is 155 Å². The molecule has 0 saturated carbocycles. The molecule has 0 amide bonds. The molecule has 1 aromatic carbocycles. The van der Waals surface area contributed by atoms with Crippen LogP contribution in [-0.4, -0.2) is 39.3 Å². The fraction of sp³-hybridized carbons (Fsp3) is 0.263. The van der Waals surface area contributed by atoms with E-state index in [1.54, 1.807) is 0 Å². The highest BCUT2D eigenvalue weighted by Crippen LogP contribution is 2.32. The van der Waals surface area contributed by atoms with Crippen molar-refractivity contribution in [2.24, 2.45) is 0 Å². The second kappa shape index (κ2) is 6.26. The maximum Gasteiger partial charge on any atom is 0.203 e. The molecule has 1 fully saturated rings. The van der Waals surface area contributed by atoms with Gasteiger partial charge >= 0.3 is 0 Å². The van der Waals surface area contributed by atoms with Gasteiger partial charge in [0.2, 0.25) is 5.13 Å². The summed E-state index contributed by atoms with van der Waals surface area (Å²) in [6, 6.07) is 6.30. The lowest BCUT2D eigenvalue weighted by Crippen LogP contribution is -2.42. The maximum absolute atomic E-state index is 5.74. The molecule has 2 aliphatic heterocycles. The summed E-state index contributed by atoms with van der Waals surface area (Å²) < 4.78 is 0. The number of fused-ring (bicyclic) bond motifs is 1. The predicted molar refractivity (Wildman–Crippen MR) is 106 cm³/mol. The van der Waals surface area contributed by atoms with Crippen molar-refractivity contribution in [3.63, 3.8) is 0 Å². The first kappa shape index (κ1) is 15.6. The van der Waals surface area contributed by atoms with Crippen molar-refractivity contribution in [3.8, 4) is 10.6 Å². The van der Waals surface area contributed by atoms with Gasteiger partial charge in [0.15, 0.2) is 0 Å². The Morgan fingerprint density at radius 3 is 2.88 bits per heavy atom. The minimum absolute atomic E-state index is 0.272. The van der Waals surface area contributed by atoms with Crippen molar-refractivity contribution >= 4 is 33.1 Å². The van der Waals surface area contributed by atoms with E-state index in [1.165, 1.54) is 35.1 Å². The van der Waals surface area contributed by atoms with E-state index < -0.39 is 0 Å². The number of dihydropyridines is 1. The summed E-state index contributed by atoms with van der Waals surface area (Å²) in [4.78, 5) is 5.87. The number of hydrogen-bond donors (Lipinski definition) is 3. The van der Waals surface area contributed by atoms with Crippen LogP contribution in [0.4, 0.5) is 5.13 Å². The third kappa shape index (κ3) is 2.69. The summed E-state index contributed by atoms with van der Waals surface area (Å²) >= 11 is 1.41. The van der Waals surface area contributed by atoms with Crippen LogP contribution in [0.15, 0.2) is 42.6 Å².